The fourth-order valence-corrected chi connectivity index (χ4v) is 14.4. The van der Waals surface area contributed by atoms with Gasteiger partial charge >= 0.3 is 0 Å². The highest BCUT2D eigenvalue weighted by Crippen LogP contribution is 2.52. The normalized spacial score (nSPS) is 17.9. The molecule has 0 aromatic carbocycles. The van der Waals surface area contributed by atoms with Crippen LogP contribution in [0.15, 0.2) is 36.4 Å². The molecule has 0 saturated heterocycles. The third-order valence-corrected chi connectivity index (χ3v) is 14.7. The first kappa shape index (κ1) is 27.0. The molecule has 0 radical (unpaired) electrons. The molecule has 0 bridgehead atoms. The van der Waals surface area contributed by atoms with Crippen molar-refractivity contribution >= 4 is 111 Å². The van der Waals surface area contributed by atoms with Gasteiger partial charge < -0.3 is 27.3 Å². The Bertz CT molecular complexity index is 1040. The lowest BCUT2D eigenvalue weighted by atomic mass is 10.6. The fourth-order valence-electron chi connectivity index (χ4n) is 1.74. The lowest BCUT2D eigenvalue weighted by molar-refractivity contribution is 0.542. The third kappa shape index (κ3) is 5.81. The first-order chi connectivity index (χ1) is 13.9. The molecule has 0 aliphatic heterocycles. The summed E-state index contributed by atoms with van der Waals surface area (Å²) in [7, 11) is 1.14. The van der Waals surface area contributed by atoms with Crippen LogP contribution in [0, 0.1) is 0 Å². The summed E-state index contributed by atoms with van der Waals surface area (Å²) in [6.07, 6.45) is 0. The van der Waals surface area contributed by atoms with Crippen molar-refractivity contribution in [2.45, 2.75) is 36.4 Å². The Morgan fingerprint density at radius 3 is 0.933 bits per heavy atom. The highest BCUT2D eigenvalue weighted by atomic mass is 33.1. The predicted octanol–water partition coefficient (Wildman–Crippen LogP) is 2.09. The summed E-state index contributed by atoms with van der Waals surface area (Å²) in [6, 6.07) is 0. The van der Waals surface area contributed by atoms with E-state index in [0.717, 1.165) is 0 Å². The van der Waals surface area contributed by atoms with Crippen LogP contribution in [0.3, 0.4) is 0 Å². The molecular formula is C8H6O12S10. The van der Waals surface area contributed by atoms with Gasteiger partial charge in [0.25, 0.3) is 0 Å². The smallest absolute Gasteiger partial charge is 0.198 e. The molecule has 2 aromatic rings. The van der Waals surface area contributed by atoms with E-state index in [2.05, 4.69) is 0 Å². The van der Waals surface area contributed by atoms with Gasteiger partial charge in [0.05, 0.1) is 8.42 Å². The van der Waals surface area contributed by atoms with Gasteiger partial charge in [0.15, 0.2) is 66.5 Å². The highest BCUT2D eigenvalue weighted by molar-refractivity contribution is 8.77. The molecular weight excluding hydrogens is 609 g/mol. The van der Waals surface area contributed by atoms with E-state index in [4.69, 9.17) is 0 Å². The summed E-state index contributed by atoms with van der Waals surface area (Å²) < 4.78 is 124. The lowest BCUT2D eigenvalue weighted by Crippen LogP contribution is -2.00. The van der Waals surface area contributed by atoms with Gasteiger partial charge in [-0.3, -0.25) is 0 Å². The van der Waals surface area contributed by atoms with Crippen LogP contribution in [0.2, 0.25) is 0 Å². The average molecular weight is 615 g/mol. The van der Waals surface area contributed by atoms with Gasteiger partial charge in [0.1, 0.15) is 28.0 Å². The number of thiophene rings is 2. The second-order valence-corrected chi connectivity index (χ2v) is 15.0. The maximum absolute atomic E-state index is 11.6. The molecule has 30 heavy (non-hydrogen) atoms. The molecule has 6 unspecified atom stereocenters. The highest BCUT2D eigenvalue weighted by Gasteiger charge is 2.32. The van der Waals surface area contributed by atoms with Crippen molar-refractivity contribution in [1.29, 1.82) is 0 Å². The van der Waals surface area contributed by atoms with Crippen LogP contribution in [0.1, 0.15) is 0 Å². The molecule has 0 aliphatic carbocycles. The summed E-state index contributed by atoms with van der Waals surface area (Å²) in [4.78, 5) is -2.74. The molecule has 12 nitrogen and oxygen atoms in total. The van der Waals surface area contributed by atoms with Crippen LogP contribution in [0.25, 0.3) is 0 Å². The maximum atomic E-state index is 11.6. The lowest BCUT2D eigenvalue weighted by Gasteiger charge is -2.02. The average Bonchev–Trinajstić information content (AvgIpc) is 3.19. The second-order valence-electron chi connectivity index (χ2n) is 4.33. The van der Waals surface area contributed by atoms with Crippen molar-refractivity contribution in [3.8, 4) is 0 Å². The van der Waals surface area contributed by atoms with Crippen LogP contribution in [-0.2, 0) is 66.5 Å². The zero-order valence-corrected chi connectivity index (χ0v) is 21.4. The maximum Gasteiger partial charge on any atom is 0.198 e. The minimum atomic E-state index is -2.89. The van der Waals surface area contributed by atoms with Gasteiger partial charge in [-0.2, -0.15) is 0 Å². The Kier molecular flexibility index (Phi) is 10.1. The van der Waals surface area contributed by atoms with Gasteiger partial charge in [0.2, 0.25) is 0 Å². The summed E-state index contributed by atoms with van der Waals surface area (Å²) in [6.45, 7) is 0. The van der Waals surface area contributed by atoms with Crippen molar-refractivity contribution < 1.29 is 52.6 Å². The minimum Gasteiger partial charge on any atom is -0.302 e. The fraction of sp³-hybridized carbons (Fsp3) is 0. The van der Waals surface area contributed by atoms with E-state index in [1.54, 1.807) is 0 Å². The van der Waals surface area contributed by atoms with Crippen LogP contribution >= 0.6 is 44.3 Å². The second kappa shape index (κ2) is 11.3. The molecule has 0 saturated carbocycles. The summed E-state index contributed by atoms with van der Waals surface area (Å²) in [5.74, 6) is 0. The van der Waals surface area contributed by atoms with Crippen LogP contribution in [0.4, 0.5) is 0 Å². The van der Waals surface area contributed by atoms with Crippen molar-refractivity contribution in [3.05, 3.63) is 0 Å². The van der Waals surface area contributed by atoms with E-state index >= 15 is 0 Å². The Balaban J connectivity index is 2.60. The third-order valence-electron chi connectivity index (χ3n) is 2.73. The van der Waals surface area contributed by atoms with Crippen molar-refractivity contribution in [2.75, 3.05) is 0 Å². The van der Waals surface area contributed by atoms with Crippen molar-refractivity contribution in [1.82, 2.24) is 0 Å². The Labute approximate surface area is 198 Å². The quantitative estimate of drug-likeness (QED) is 0.176. The van der Waals surface area contributed by atoms with Gasteiger partial charge in [-0.1, -0.05) is 0 Å². The summed E-state index contributed by atoms with van der Waals surface area (Å²) in [5, 5.41) is 0. The Morgan fingerprint density at radius 1 is 0.467 bits per heavy atom. The molecule has 170 valence electrons. The number of hydrogen-bond acceptors (Lipinski definition) is 10. The molecule has 2 rings (SSSR count). The molecule has 0 amide bonds. The van der Waals surface area contributed by atoms with E-state index in [0.29, 0.717) is 44.3 Å². The van der Waals surface area contributed by atoms with E-state index in [9.17, 15) is 52.6 Å². The van der Waals surface area contributed by atoms with Gasteiger partial charge in [0, 0.05) is 0 Å². The topological polar surface area (TPSA) is 224 Å². The zero-order chi connectivity index (χ0) is 22.9. The molecule has 2 aromatic heterocycles. The molecule has 6 atom stereocenters. The Morgan fingerprint density at radius 2 is 0.733 bits per heavy atom. The summed E-state index contributed by atoms with van der Waals surface area (Å²) in [5.41, 5.74) is 0. The van der Waals surface area contributed by atoms with Gasteiger partial charge in [-0.25, -0.2) is 25.3 Å². The van der Waals surface area contributed by atoms with E-state index in [1.165, 1.54) is 0 Å². The Hall–Kier alpha value is 0.760. The zero-order valence-electron chi connectivity index (χ0n) is 13.2. The van der Waals surface area contributed by atoms with Crippen LogP contribution < -0.4 is 0 Å². The van der Waals surface area contributed by atoms with Crippen LogP contribution in [0.5, 0.6) is 0 Å². The standard InChI is InChI=1S/C8H6O12S10/c9-25(10)1-3(27(13)14)7(29(17)18)21-5(1)23-24-6-2(26(11)12)4(28(15)16)8(22-6)30(19)20/h(H,9,10)(H,11,12)(H,13,14)(H,15,16)(H,17,18)(H,19,20). The monoisotopic (exact) mass is 614 g/mol. The van der Waals surface area contributed by atoms with E-state index in [-0.39, 0.29) is 8.42 Å². The first-order valence-corrected chi connectivity index (χ1v) is 16.6. The van der Waals surface area contributed by atoms with Gasteiger partial charge in [-0.05, 0) is 21.6 Å². The van der Waals surface area contributed by atoms with E-state index in [1.807, 2.05) is 0 Å². The molecule has 0 fully saturated rings. The molecule has 6 N–H and O–H groups in total. The van der Waals surface area contributed by atoms with Crippen LogP contribution in [-0.4, -0.2) is 52.6 Å². The minimum absolute atomic E-state index is 0.183. The van der Waals surface area contributed by atoms with Crippen molar-refractivity contribution in [2.24, 2.45) is 0 Å². The SMILES string of the molecule is O=S(O)c1sc(SSc2sc(S(=O)O)c(S(=O)O)c2S(=O)O)c(S(=O)O)c1S(=O)O. The number of rotatable bonds is 9. The largest absolute Gasteiger partial charge is 0.302 e. The van der Waals surface area contributed by atoms with Gasteiger partial charge in [-0.15, -0.1) is 22.7 Å². The molecule has 0 aliphatic rings. The number of hydrogen-bond donors (Lipinski definition) is 6. The van der Waals surface area contributed by atoms with E-state index < -0.39 is 94.5 Å². The molecule has 2 heterocycles. The van der Waals surface area contributed by atoms with Crippen molar-refractivity contribution in [3.63, 3.8) is 0 Å². The predicted molar refractivity (Wildman–Crippen MR) is 115 cm³/mol. The molecule has 22 heteroatoms. The molecule has 0 spiro atoms. The first-order valence-electron chi connectivity index (χ1n) is 6.21. The summed E-state index contributed by atoms with van der Waals surface area (Å²) >= 11 is -16.2.